The van der Waals surface area contributed by atoms with Crippen molar-refractivity contribution in [3.63, 3.8) is 0 Å². The summed E-state index contributed by atoms with van der Waals surface area (Å²) in [5, 5.41) is 2.60. The Balaban J connectivity index is 2.59. The average molecular weight is 276 g/mol. The van der Waals surface area contributed by atoms with E-state index >= 15 is 0 Å². The van der Waals surface area contributed by atoms with Crippen molar-refractivity contribution in [1.82, 2.24) is 5.32 Å². The largest absolute Gasteiger partial charge is 0.387 e. The molecule has 1 atom stereocenters. The molecule has 0 saturated heterocycles. The second-order valence-corrected chi connectivity index (χ2v) is 4.31. The number of carbonyl (C=O) groups excluding carboxylic acids is 2. The molecule has 0 bridgehead atoms. The second kappa shape index (κ2) is 7.93. The van der Waals surface area contributed by atoms with Crippen LogP contribution < -0.4 is 16.8 Å². The highest BCUT2D eigenvalue weighted by molar-refractivity contribution is 5.97. The molecule has 1 rings (SSSR count). The van der Waals surface area contributed by atoms with E-state index in [4.69, 9.17) is 11.5 Å². The van der Waals surface area contributed by atoms with E-state index in [2.05, 4.69) is 10.3 Å². The van der Waals surface area contributed by atoms with Gasteiger partial charge in [-0.3, -0.25) is 14.6 Å². The number of nitrogens with zero attached hydrogens (tertiary/aromatic N) is 1. The van der Waals surface area contributed by atoms with Crippen LogP contribution in [-0.2, 0) is 4.79 Å². The SMILES string of the molecule is CCC(N)=NCCC(NC(=O)c1ccccc1)C(N)=O. The van der Waals surface area contributed by atoms with Gasteiger partial charge in [0.25, 0.3) is 5.91 Å². The van der Waals surface area contributed by atoms with E-state index in [1.807, 2.05) is 13.0 Å². The highest BCUT2D eigenvalue weighted by atomic mass is 16.2. The topological polar surface area (TPSA) is 111 Å². The van der Waals surface area contributed by atoms with Gasteiger partial charge < -0.3 is 16.8 Å². The van der Waals surface area contributed by atoms with Gasteiger partial charge in [-0.1, -0.05) is 25.1 Å². The Kier molecular flexibility index (Phi) is 6.22. The summed E-state index contributed by atoms with van der Waals surface area (Å²) in [4.78, 5) is 27.4. The maximum Gasteiger partial charge on any atom is 0.251 e. The minimum Gasteiger partial charge on any atom is -0.387 e. The van der Waals surface area contributed by atoms with E-state index in [9.17, 15) is 9.59 Å². The molecule has 0 spiro atoms. The standard InChI is InChI=1S/C14H20N4O2/c1-2-12(15)17-9-8-11(13(16)19)18-14(20)10-6-4-3-5-7-10/h3-7,11H,2,8-9H2,1H3,(H2,15,17)(H2,16,19)(H,18,20). The number of benzene rings is 1. The van der Waals surface area contributed by atoms with Crippen LogP contribution in [0.2, 0.25) is 0 Å². The number of carbonyl (C=O) groups is 2. The zero-order valence-electron chi connectivity index (χ0n) is 11.5. The van der Waals surface area contributed by atoms with Crippen LogP contribution in [0.5, 0.6) is 0 Å². The number of hydrogen-bond acceptors (Lipinski definition) is 3. The summed E-state index contributed by atoms with van der Waals surface area (Å²) < 4.78 is 0. The Morgan fingerprint density at radius 2 is 1.90 bits per heavy atom. The number of hydrogen-bond donors (Lipinski definition) is 3. The Labute approximate surface area is 118 Å². The molecule has 0 aromatic heterocycles. The Morgan fingerprint density at radius 1 is 1.25 bits per heavy atom. The van der Waals surface area contributed by atoms with Crippen LogP contribution in [0.25, 0.3) is 0 Å². The molecule has 1 unspecified atom stereocenters. The third kappa shape index (κ3) is 5.09. The number of aliphatic imine (C=N–C) groups is 1. The van der Waals surface area contributed by atoms with Crippen LogP contribution in [0.4, 0.5) is 0 Å². The van der Waals surface area contributed by atoms with E-state index in [0.29, 0.717) is 30.8 Å². The molecule has 108 valence electrons. The molecule has 0 aliphatic carbocycles. The van der Waals surface area contributed by atoms with Crippen LogP contribution in [0.3, 0.4) is 0 Å². The minimum absolute atomic E-state index is 0.328. The van der Waals surface area contributed by atoms with E-state index in [0.717, 1.165) is 0 Å². The number of primary amides is 1. The van der Waals surface area contributed by atoms with Gasteiger partial charge in [0.2, 0.25) is 5.91 Å². The van der Waals surface area contributed by atoms with Gasteiger partial charge in [0.05, 0.1) is 5.84 Å². The molecule has 2 amide bonds. The molecular weight excluding hydrogens is 256 g/mol. The third-order valence-electron chi connectivity index (χ3n) is 2.78. The fraction of sp³-hybridized carbons (Fsp3) is 0.357. The minimum atomic E-state index is -0.754. The Hall–Kier alpha value is -2.37. The van der Waals surface area contributed by atoms with Crippen LogP contribution in [0, 0.1) is 0 Å². The van der Waals surface area contributed by atoms with Crippen molar-refractivity contribution in [3.05, 3.63) is 35.9 Å². The zero-order chi connectivity index (χ0) is 15.0. The summed E-state index contributed by atoms with van der Waals surface area (Å²) in [7, 11) is 0. The molecule has 0 saturated carbocycles. The van der Waals surface area contributed by atoms with Gasteiger partial charge in [0.15, 0.2) is 0 Å². The first kappa shape index (κ1) is 15.7. The van der Waals surface area contributed by atoms with Gasteiger partial charge in [-0.15, -0.1) is 0 Å². The molecule has 20 heavy (non-hydrogen) atoms. The normalized spacial score (nSPS) is 12.8. The Bertz CT molecular complexity index is 485. The van der Waals surface area contributed by atoms with E-state index in [-0.39, 0.29) is 5.91 Å². The fourth-order valence-electron chi connectivity index (χ4n) is 1.57. The van der Waals surface area contributed by atoms with Crippen LogP contribution in [0.15, 0.2) is 35.3 Å². The summed E-state index contributed by atoms with van der Waals surface area (Å²) in [5.41, 5.74) is 11.3. The molecule has 6 heteroatoms. The number of nitrogens with one attached hydrogen (secondary N) is 1. The maximum absolute atomic E-state index is 11.9. The summed E-state index contributed by atoms with van der Waals surface area (Å²) in [6, 6.07) is 7.89. The summed E-state index contributed by atoms with van der Waals surface area (Å²) in [6.45, 7) is 2.24. The fourth-order valence-corrected chi connectivity index (χ4v) is 1.57. The average Bonchev–Trinajstić information content (AvgIpc) is 2.46. The van der Waals surface area contributed by atoms with Gasteiger partial charge in [-0.2, -0.15) is 0 Å². The van der Waals surface area contributed by atoms with Gasteiger partial charge in [0, 0.05) is 18.5 Å². The summed E-state index contributed by atoms with van der Waals surface area (Å²) >= 11 is 0. The van der Waals surface area contributed by atoms with Crippen molar-refractivity contribution < 1.29 is 9.59 Å². The lowest BCUT2D eigenvalue weighted by atomic mass is 10.1. The van der Waals surface area contributed by atoms with E-state index < -0.39 is 11.9 Å². The molecule has 6 nitrogen and oxygen atoms in total. The second-order valence-electron chi connectivity index (χ2n) is 4.31. The molecule has 0 heterocycles. The van der Waals surface area contributed by atoms with Gasteiger partial charge in [-0.05, 0) is 18.6 Å². The summed E-state index contributed by atoms with van der Waals surface area (Å²) in [5.74, 6) is -0.399. The number of amides is 2. The lowest BCUT2D eigenvalue weighted by molar-refractivity contribution is -0.119. The quantitative estimate of drug-likeness (QED) is 0.496. The Morgan fingerprint density at radius 3 is 2.45 bits per heavy atom. The van der Waals surface area contributed by atoms with Gasteiger partial charge in [-0.25, -0.2) is 0 Å². The number of amidine groups is 1. The molecule has 1 aromatic carbocycles. The van der Waals surface area contributed by atoms with Crippen molar-refractivity contribution in [2.24, 2.45) is 16.5 Å². The van der Waals surface area contributed by atoms with Crippen molar-refractivity contribution >= 4 is 17.6 Å². The van der Waals surface area contributed by atoms with Gasteiger partial charge in [0.1, 0.15) is 6.04 Å². The van der Waals surface area contributed by atoms with Crippen molar-refractivity contribution in [2.75, 3.05) is 6.54 Å². The lowest BCUT2D eigenvalue weighted by Gasteiger charge is -2.14. The first-order valence-electron chi connectivity index (χ1n) is 6.48. The lowest BCUT2D eigenvalue weighted by Crippen LogP contribution is -2.44. The van der Waals surface area contributed by atoms with E-state index in [1.54, 1.807) is 24.3 Å². The first-order valence-corrected chi connectivity index (χ1v) is 6.48. The molecular formula is C14H20N4O2. The van der Waals surface area contributed by atoms with Crippen molar-refractivity contribution in [2.45, 2.75) is 25.8 Å². The van der Waals surface area contributed by atoms with Crippen LogP contribution >= 0.6 is 0 Å². The number of nitrogens with two attached hydrogens (primary N) is 2. The molecule has 5 N–H and O–H groups in total. The molecule has 1 aromatic rings. The van der Waals surface area contributed by atoms with Crippen LogP contribution in [0.1, 0.15) is 30.1 Å². The van der Waals surface area contributed by atoms with Crippen molar-refractivity contribution in [1.29, 1.82) is 0 Å². The summed E-state index contributed by atoms with van der Waals surface area (Å²) in [6.07, 6.45) is 0.978. The number of rotatable bonds is 7. The molecule has 0 fully saturated rings. The monoisotopic (exact) mass is 276 g/mol. The molecule has 0 radical (unpaired) electrons. The van der Waals surface area contributed by atoms with Crippen molar-refractivity contribution in [3.8, 4) is 0 Å². The highest BCUT2D eigenvalue weighted by Gasteiger charge is 2.18. The first-order chi connectivity index (χ1) is 9.54. The predicted octanol–water partition coefficient (Wildman–Crippen LogP) is 0.428. The molecule has 0 aliphatic heterocycles. The highest BCUT2D eigenvalue weighted by Crippen LogP contribution is 2.01. The molecule has 0 aliphatic rings. The maximum atomic E-state index is 11.9. The van der Waals surface area contributed by atoms with Crippen LogP contribution in [-0.4, -0.2) is 30.2 Å². The predicted molar refractivity (Wildman–Crippen MR) is 78.3 cm³/mol. The zero-order valence-corrected chi connectivity index (χ0v) is 11.5. The third-order valence-corrected chi connectivity index (χ3v) is 2.78. The van der Waals surface area contributed by atoms with E-state index in [1.165, 1.54) is 0 Å². The van der Waals surface area contributed by atoms with Gasteiger partial charge >= 0.3 is 0 Å². The smallest absolute Gasteiger partial charge is 0.251 e.